The first-order chi connectivity index (χ1) is 8.49. The molecule has 1 amide bonds. The van der Waals surface area contributed by atoms with E-state index in [1.54, 1.807) is 0 Å². The molecule has 18 heavy (non-hydrogen) atoms. The number of hydrogen-bond donors (Lipinski definition) is 2. The molecule has 0 bridgehead atoms. The van der Waals surface area contributed by atoms with E-state index in [-0.39, 0.29) is 11.3 Å². The molecule has 92 valence electrons. The molecule has 0 saturated heterocycles. The zero-order valence-corrected chi connectivity index (χ0v) is 8.88. The van der Waals surface area contributed by atoms with Gasteiger partial charge in [-0.25, -0.2) is 9.59 Å². The Hall–Kier alpha value is -2.83. The van der Waals surface area contributed by atoms with Crippen LogP contribution in [0.3, 0.4) is 0 Å². The van der Waals surface area contributed by atoms with E-state index in [4.69, 9.17) is 15.2 Å². The predicted molar refractivity (Wildman–Crippen MR) is 57.0 cm³/mol. The number of phenols is 1. The highest BCUT2D eigenvalue weighted by molar-refractivity contribution is 5.99. The lowest BCUT2D eigenvalue weighted by Gasteiger charge is -2.13. The molecule has 7 heteroatoms. The third-order valence-corrected chi connectivity index (χ3v) is 2.13. The largest absolute Gasteiger partial charge is 0.504 e. The van der Waals surface area contributed by atoms with Crippen molar-refractivity contribution >= 4 is 17.8 Å². The van der Waals surface area contributed by atoms with Crippen molar-refractivity contribution in [1.82, 2.24) is 0 Å². The summed E-state index contributed by atoms with van der Waals surface area (Å²) in [5.74, 6) is -3.86. The van der Waals surface area contributed by atoms with Gasteiger partial charge >= 0.3 is 11.9 Å². The fourth-order valence-corrected chi connectivity index (χ4v) is 1.34. The van der Waals surface area contributed by atoms with E-state index in [0.717, 1.165) is 18.2 Å². The third kappa shape index (κ3) is 2.01. The minimum Gasteiger partial charge on any atom is -0.504 e. The molecule has 3 N–H and O–H groups in total. The lowest BCUT2D eigenvalue weighted by molar-refractivity contribution is -0.133. The average Bonchev–Trinajstić information content (AvgIpc) is 2.29. The molecular weight excluding hydrogens is 242 g/mol. The van der Waals surface area contributed by atoms with E-state index in [2.05, 4.69) is 0 Å². The van der Waals surface area contributed by atoms with Gasteiger partial charge in [-0.15, -0.1) is 0 Å². The molecule has 1 aromatic rings. The minimum atomic E-state index is -0.907. The number of benzene rings is 1. The second-order valence-electron chi connectivity index (χ2n) is 3.33. The summed E-state index contributed by atoms with van der Waals surface area (Å²) in [6.45, 7) is 0. The number of amides is 1. The Morgan fingerprint density at radius 1 is 1.11 bits per heavy atom. The standard InChI is InChI=1S/C11H7NO6/c12-11(16)5-1-2-6-10(9(5)15)18-8(14)4-3-7(13)17-6/h1-4,15H,(H2,12,16)/b4-3+. The van der Waals surface area contributed by atoms with Gasteiger partial charge in [-0.1, -0.05) is 0 Å². The third-order valence-electron chi connectivity index (χ3n) is 2.13. The maximum Gasteiger partial charge on any atom is 0.336 e. The summed E-state index contributed by atoms with van der Waals surface area (Å²) >= 11 is 0. The van der Waals surface area contributed by atoms with Crippen LogP contribution in [0.1, 0.15) is 10.4 Å². The van der Waals surface area contributed by atoms with Gasteiger partial charge in [0.15, 0.2) is 11.5 Å². The highest BCUT2D eigenvalue weighted by Gasteiger charge is 2.23. The lowest BCUT2D eigenvalue weighted by atomic mass is 10.1. The highest BCUT2D eigenvalue weighted by atomic mass is 16.6. The molecule has 0 saturated carbocycles. The smallest absolute Gasteiger partial charge is 0.336 e. The molecule has 0 unspecified atom stereocenters. The van der Waals surface area contributed by atoms with Crippen molar-refractivity contribution in [3.63, 3.8) is 0 Å². The number of esters is 2. The van der Waals surface area contributed by atoms with Gasteiger partial charge in [0.2, 0.25) is 5.75 Å². The molecule has 0 spiro atoms. The molecule has 1 heterocycles. The number of aromatic hydroxyl groups is 1. The molecule has 1 aliphatic rings. The van der Waals surface area contributed by atoms with Gasteiger partial charge < -0.3 is 20.3 Å². The van der Waals surface area contributed by atoms with Gasteiger partial charge in [-0.05, 0) is 12.1 Å². The summed E-state index contributed by atoms with van der Waals surface area (Å²) in [7, 11) is 0. The second kappa shape index (κ2) is 4.21. The number of fused-ring (bicyclic) bond motifs is 1. The molecule has 0 atom stereocenters. The van der Waals surface area contributed by atoms with Gasteiger partial charge in [0.05, 0.1) is 5.56 Å². The Bertz CT molecular complexity index is 589. The normalized spacial score (nSPS) is 15.8. The number of ether oxygens (including phenoxy) is 2. The highest BCUT2D eigenvalue weighted by Crippen LogP contribution is 2.39. The molecule has 1 aromatic carbocycles. The van der Waals surface area contributed by atoms with Crippen LogP contribution in [-0.2, 0) is 9.59 Å². The van der Waals surface area contributed by atoms with E-state index < -0.39 is 29.3 Å². The maximum atomic E-state index is 11.2. The van der Waals surface area contributed by atoms with Crippen molar-refractivity contribution < 1.29 is 29.0 Å². The van der Waals surface area contributed by atoms with Gasteiger partial charge in [-0.3, -0.25) is 4.79 Å². The van der Waals surface area contributed by atoms with Crippen LogP contribution in [0.15, 0.2) is 24.3 Å². The number of hydrogen-bond acceptors (Lipinski definition) is 6. The summed E-state index contributed by atoms with van der Waals surface area (Å²) in [5, 5.41) is 9.73. The van der Waals surface area contributed by atoms with Crippen LogP contribution < -0.4 is 15.2 Å². The summed E-state index contributed by atoms with van der Waals surface area (Å²) in [5.41, 5.74) is 4.77. The van der Waals surface area contributed by atoms with Crippen LogP contribution in [-0.4, -0.2) is 23.0 Å². The number of carbonyl (C=O) groups is 3. The van der Waals surface area contributed by atoms with Crippen molar-refractivity contribution in [3.05, 3.63) is 29.8 Å². The first-order valence-corrected chi connectivity index (χ1v) is 4.76. The minimum absolute atomic E-state index is 0.180. The first kappa shape index (κ1) is 11.6. The van der Waals surface area contributed by atoms with Crippen molar-refractivity contribution in [3.8, 4) is 17.2 Å². The molecule has 7 nitrogen and oxygen atoms in total. The van der Waals surface area contributed by atoms with Gasteiger partial charge in [0, 0.05) is 12.2 Å². The van der Waals surface area contributed by atoms with Crippen LogP contribution in [0.25, 0.3) is 0 Å². The van der Waals surface area contributed by atoms with E-state index in [1.165, 1.54) is 6.07 Å². The fourth-order valence-electron chi connectivity index (χ4n) is 1.34. The molecule has 0 aromatic heterocycles. The Morgan fingerprint density at radius 2 is 1.72 bits per heavy atom. The van der Waals surface area contributed by atoms with E-state index >= 15 is 0 Å². The Morgan fingerprint density at radius 3 is 2.33 bits per heavy atom. The number of nitrogens with two attached hydrogens (primary N) is 1. The molecule has 0 fully saturated rings. The number of rotatable bonds is 1. The summed E-state index contributed by atoms with van der Waals surface area (Å²) < 4.78 is 9.53. The van der Waals surface area contributed by atoms with Crippen LogP contribution in [0.5, 0.6) is 17.2 Å². The Balaban J connectivity index is 2.59. The zero-order chi connectivity index (χ0) is 13.3. The van der Waals surface area contributed by atoms with Gasteiger partial charge in [0.25, 0.3) is 5.91 Å². The van der Waals surface area contributed by atoms with E-state index in [0.29, 0.717) is 0 Å². The maximum absolute atomic E-state index is 11.2. The number of primary amides is 1. The van der Waals surface area contributed by atoms with Crippen LogP contribution in [0, 0.1) is 0 Å². The average molecular weight is 249 g/mol. The monoisotopic (exact) mass is 249 g/mol. The summed E-state index contributed by atoms with van der Waals surface area (Å²) in [4.78, 5) is 33.4. The predicted octanol–water partition coefficient (Wildman–Crippen LogP) is -0.128. The summed E-state index contributed by atoms with van der Waals surface area (Å²) in [6, 6.07) is 2.35. The molecular formula is C11H7NO6. The van der Waals surface area contributed by atoms with Gasteiger partial charge in [0.1, 0.15) is 0 Å². The van der Waals surface area contributed by atoms with Crippen LogP contribution in [0.2, 0.25) is 0 Å². The number of carbonyl (C=O) groups excluding carboxylic acids is 3. The van der Waals surface area contributed by atoms with Crippen LogP contribution >= 0.6 is 0 Å². The lowest BCUT2D eigenvalue weighted by Crippen LogP contribution is -2.16. The Labute approximate surface area is 100 Å². The molecule has 0 aliphatic carbocycles. The molecule has 1 aliphatic heterocycles. The molecule has 0 radical (unpaired) electrons. The fraction of sp³-hybridized carbons (Fsp3) is 0. The zero-order valence-electron chi connectivity index (χ0n) is 8.88. The first-order valence-electron chi connectivity index (χ1n) is 4.76. The van der Waals surface area contributed by atoms with Crippen molar-refractivity contribution in [2.24, 2.45) is 5.73 Å². The molecule has 2 rings (SSSR count). The SMILES string of the molecule is NC(=O)c1ccc2c(c1O)OC(=O)/C=C/C(=O)O2. The van der Waals surface area contributed by atoms with Crippen molar-refractivity contribution in [1.29, 1.82) is 0 Å². The second-order valence-corrected chi connectivity index (χ2v) is 3.33. The summed E-state index contributed by atoms with van der Waals surface area (Å²) in [6.07, 6.45) is 1.71. The van der Waals surface area contributed by atoms with E-state index in [9.17, 15) is 19.5 Å². The topological polar surface area (TPSA) is 116 Å². The van der Waals surface area contributed by atoms with Crippen LogP contribution in [0.4, 0.5) is 0 Å². The Kier molecular flexibility index (Phi) is 2.72. The van der Waals surface area contributed by atoms with Gasteiger partial charge in [-0.2, -0.15) is 0 Å². The van der Waals surface area contributed by atoms with E-state index in [1.807, 2.05) is 0 Å². The van der Waals surface area contributed by atoms with Crippen molar-refractivity contribution in [2.75, 3.05) is 0 Å². The quantitative estimate of drug-likeness (QED) is 0.529. The van der Waals surface area contributed by atoms with Crippen molar-refractivity contribution in [2.45, 2.75) is 0 Å².